The van der Waals surface area contributed by atoms with Gasteiger partial charge in [-0.05, 0) is 72.6 Å². The minimum absolute atomic E-state index is 0.124. The number of aryl methyl sites for hydroxylation is 2. The molecule has 0 unspecified atom stereocenters. The number of carbonyl (C=O) groups is 1. The fourth-order valence-corrected chi connectivity index (χ4v) is 4.27. The molecule has 0 aliphatic carbocycles. The second-order valence-corrected chi connectivity index (χ2v) is 7.57. The summed E-state index contributed by atoms with van der Waals surface area (Å²) in [6.07, 6.45) is 1.66. The number of carbonyl (C=O) groups excluding carboxylic acids is 1. The topological polar surface area (TPSA) is 75.0 Å². The lowest BCUT2D eigenvalue weighted by Gasteiger charge is -2.24. The van der Waals surface area contributed by atoms with E-state index in [-0.39, 0.29) is 11.4 Å². The van der Waals surface area contributed by atoms with Crippen molar-refractivity contribution in [2.24, 2.45) is 4.99 Å². The van der Waals surface area contributed by atoms with Gasteiger partial charge in [0.2, 0.25) is 0 Å². The summed E-state index contributed by atoms with van der Waals surface area (Å²) in [7, 11) is 3.13. The van der Waals surface area contributed by atoms with Crippen molar-refractivity contribution in [1.82, 2.24) is 0 Å². The molecule has 2 heterocycles. The van der Waals surface area contributed by atoms with Crippen molar-refractivity contribution in [1.29, 1.82) is 5.41 Å². The molecule has 2 aliphatic heterocycles. The minimum Gasteiger partial charge on any atom is -0.493 e. The zero-order valence-electron chi connectivity index (χ0n) is 16.0. The van der Waals surface area contributed by atoms with Crippen molar-refractivity contribution in [3.05, 3.63) is 52.6 Å². The van der Waals surface area contributed by atoms with Gasteiger partial charge in [-0.15, -0.1) is 0 Å². The van der Waals surface area contributed by atoms with E-state index in [1.807, 2.05) is 26.0 Å². The van der Waals surface area contributed by atoms with E-state index in [1.54, 1.807) is 37.3 Å². The molecule has 0 radical (unpaired) electrons. The van der Waals surface area contributed by atoms with Gasteiger partial charge in [0.1, 0.15) is 5.84 Å². The quantitative estimate of drug-likeness (QED) is 0.792. The van der Waals surface area contributed by atoms with Crippen LogP contribution in [0.3, 0.4) is 0 Å². The molecule has 1 amide bonds. The van der Waals surface area contributed by atoms with Gasteiger partial charge in [-0.25, -0.2) is 0 Å². The molecule has 142 valence electrons. The molecule has 2 aliphatic rings. The molecule has 0 saturated carbocycles. The molecule has 2 aromatic rings. The van der Waals surface area contributed by atoms with Crippen molar-refractivity contribution in [2.75, 3.05) is 19.1 Å². The Kier molecular flexibility index (Phi) is 4.47. The maximum absolute atomic E-state index is 12.6. The normalized spacial score (nSPS) is 16.8. The molecule has 0 atom stereocenters. The third-order valence-electron chi connectivity index (χ3n) is 4.83. The number of fused-ring (bicyclic) bond motifs is 3. The Bertz CT molecular complexity index is 1090. The van der Waals surface area contributed by atoms with Gasteiger partial charge in [-0.1, -0.05) is 6.07 Å². The van der Waals surface area contributed by atoms with Gasteiger partial charge in [-0.3, -0.25) is 15.1 Å². The highest BCUT2D eigenvalue weighted by molar-refractivity contribution is 8.15. The van der Waals surface area contributed by atoms with Gasteiger partial charge in [0, 0.05) is 4.90 Å². The molecule has 0 saturated heterocycles. The van der Waals surface area contributed by atoms with E-state index in [2.05, 4.69) is 11.1 Å². The second kappa shape index (κ2) is 6.83. The Balaban J connectivity index is 1.77. The Morgan fingerprint density at radius 3 is 2.50 bits per heavy atom. The van der Waals surface area contributed by atoms with E-state index >= 15 is 0 Å². The predicted octanol–water partition coefficient (Wildman–Crippen LogP) is 4.19. The van der Waals surface area contributed by atoms with Crippen LogP contribution >= 0.6 is 11.8 Å². The molecule has 7 heteroatoms. The number of nitrogens with zero attached hydrogens (tertiary/aromatic N) is 2. The summed E-state index contributed by atoms with van der Waals surface area (Å²) in [5.74, 6) is 0.869. The smallest absolute Gasteiger partial charge is 0.283 e. The van der Waals surface area contributed by atoms with Crippen molar-refractivity contribution in [3.8, 4) is 11.5 Å². The standard InChI is InChI=1S/C21H19N3O3S/c1-11-7-15-18(8-12(11)2)28-21-23-20(25)14(19(22)24(15)21)9-13-5-6-16(26-3)17(10-13)27-4/h5-10,22H,1-4H3. The van der Waals surface area contributed by atoms with Gasteiger partial charge in [0.25, 0.3) is 5.91 Å². The number of ether oxygens (including phenoxy) is 2. The van der Waals surface area contributed by atoms with Crippen LogP contribution in [0.25, 0.3) is 6.08 Å². The first-order chi connectivity index (χ1) is 13.4. The molecule has 2 aromatic carbocycles. The van der Waals surface area contributed by atoms with Crippen molar-refractivity contribution >= 4 is 40.4 Å². The first-order valence-corrected chi connectivity index (χ1v) is 9.49. The average Bonchev–Trinajstić information content (AvgIpc) is 3.02. The first-order valence-electron chi connectivity index (χ1n) is 8.68. The van der Waals surface area contributed by atoms with Crippen molar-refractivity contribution in [2.45, 2.75) is 18.7 Å². The number of amides is 1. The van der Waals surface area contributed by atoms with Crippen LogP contribution in [0.15, 0.2) is 45.8 Å². The minimum atomic E-state index is -0.417. The fraction of sp³-hybridized carbons (Fsp3) is 0.190. The number of rotatable bonds is 3. The maximum atomic E-state index is 12.6. The summed E-state index contributed by atoms with van der Waals surface area (Å²) < 4.78 is 10.6. The van der Waals surface area contributed by atoms with Gasteiger partial charge in [-0.2, -0.15) is 4.99 Å². The fourth-order valence-electron chi connectivity index (χ4n) is 3.18. The Labute approximate surface area is 167 Å². The molecule has 28 heavy (non-hydrogen) atoms. The number of thioether (sulfide) groups is 1. The highest BCUT2D eigenvalue weighted by Gasteiger charge is 2.37. The zero-order chi connectivity index (χ0) is 20.0. The zero-order valence-corrected chi connectivity index (χ0v) is 16.8. The molecule has 1 N–H and O–H groups in total. The SMILES string of the molecule is COc1ccc(C=C2C(=N)N3C(=NC2=O)Sc2cc(C)c(C)cc23)cc1OC. The summed E-state index contributed by atoms with van der Waals surface area (Å²) in [5, 5.41) is 9.20. The number of hydrogen-bond acceptors (Lipinski definition) is 5. The molecule has 0 fully saturated rings. The molecule has 6 nitrogen and oxygen atoms in total. The van der Waals surface area contributed by atoms with Gasteiger partial charge >= 0.3 is 0 Å². The van der Waals surface area contributed by atoms with Crippen LogP contribution in [0.2, 0.25) is 0 Å². The van der Waals surface area contributed by atoms with E-state index in [4.69, 9.17) is 14.9 Å². The number of nitrogens with one attached hydrogen (secondary N) is 1. The lowest BCUT2D eigenvalue weighted by Crippen LogP contribution is -2.39. The third-order valence-corrected chi connectivity index (χ3v) is 5.84. The highest BCUT2D eigenvalue weighted by Crippen LogP contribution is 2.44. The van der Waals surface area contributed by atoms with Crippen LogP contribution in [0.4, 0.5) is 5.69 Å². The molecule has 0 aromatic heterocycles. The Morgan fingerprint density at radius 2 is 1.79 bits per heavy atom. The third kappa shape index (κ3) is 2.88. The summed E-state index contributed by atoms with van der Waals surface area (Å²) in [5.41, 5.74) is 4.17. The molecule has 0 bridgehead atoms. The van der Waals surface area contributed by atoms with E-state index in [9.17, 15) is 4.79 Å². The molecule has 4 rings (SSSR count). The van der Waals surface area contributed by atoms with E-state index in [0.29, 0.717) is 16.7 Å². The van der Waals surface area contributed by atoms with Crippen LogP contribution < -0.4 is 14.4 Å². The van der Waals surface area contributed by atoms with Gasteiger partial charge in [0.15, 0.2) is 16.7 Å². The van der Waals surface area contributed by atoms with Gasteiger partial charge in [0.05, 0.1) is 25.5 Å². The number of methoxy groups -OCH3 is 2. The average molecular weight is 393 g/mol. The largest absolute Gasteiger partial charge is 0.493 e. The van der Waals surface area contributed by atoms with E-state index in [0.717, 1.165) is 21.7 Å². The van der Waals surface area contributed by atoms with E-state index < -0.39 is 5.91 Å². The highest BCUT2D eigenvalue weighted by atomic mass is 32.2. The van der Waals surface area contributed by atoms with Crippen LogP contribution in [-0.4, -0.2) is 31.1 Å². The first kappa shape index (κ1) is 18.3. The number of hydrogen-bond donors (Lipinski definition) is 1. The molecular formula is C21H19N3O3S. The van der Waals surface area contributed by atoms with Crippen LogP contribution in [0.5, 0.6) is 11.5 Å². The lowest BCUT2D eigenvalue weighted by molar-refractivity contribution is -0.113. The summed E-state index contributed by atoms with van der Waals surface area (Å²) in [6.45, 7) is 4.09. The monoisotopic (exact) mass is 393 g/mol. The van der Waals surface area contributed by atoms with Gasteiger partial charge < -0.3 is 9.47 Å². The van der Waals surface area contributed by atoms with Crippen molar-refractivity contribution < 1.29 is 14.3 Å². The van der Waals surface area contributed by atoms with E-state index in [1.165, 1.54) is 17.3 Å². The number of benzene rings is 2. The lowest BCUT2D eigenvalue weighted by atomic mass is 10.1. The summed E-state index contributed by atoms with van der Waals surface area (Å²) in [4.78, 5) is 19.6. The second-order valence-electron chi connectivity index (χ2n) is 6.56. The number of amidine groups is 2. The Morgan fingerprint density at radius 1 is 1.07 bits per heavy atom. The molecule has 0 spiro atoms. The number of anilines is 1. The van der Waals surface area contributed by atoms with Crippen LogP contribution in [0.1, 0.15) is 16.7 Å². The Hall–Kier alpha value is -3.06. The summed E-state index contributed by atoms with van der Waals surface area (Å²) in [6, 6.07) is 9.47. The van der Waals surface area contributed by atoms with Crippen molar-refractivity contribution in [3.63, 3.8) is 0 Å². The van der Waals surface area contributed by atoms with Crippen LogP contribution in [-0.2, 0) is 4.79 Å². The van der Waals surface area contributed by atoms with Crippen LogP contribution in [0, 0.1) is 19.3 Å². The maximum Gasteiger partial charge on any atom is 0.283 e. The number of aliphatic imine (C=N–C) groups is 1. The molecular weight excluding hydrogens is 374 g/mol. The predicted molar refractivity (Wildman–Crippen MR) is 112 cm³/mol. The summed E-state index contributed by atoms with van der Waals surface area (Å²) >= 11 is 1.42.